The summed E-state index contributed by atoms with van der Waals surface area (Å²) in [5.41, 5.74) is 0. The van der Waals surface area contributed by atoms with Crippen molar-refractivity contribution < 1.29 is 20.9 Å². The number of carboxylic acid groups (broad SMARTS) is 1. The predicted molar refractivity (Wildman–Crippen MR) is 29.8 cm³/mol. The molecular formula is C4H12O4. The van der Waals surface area contributed by atoms with Crippen LogP contribution in [0.2, 0.25) is 0 Å². The van der Waals surface area contributed by atoms with E-state index in [1.54, 1.807) is 0 Å². The average Bonchev–Trinajstić information content (AvgIpc) is 1.35. The van der Waals surface area contributed by atoms with Crippen LogP contribution in [0, 0.1) is 0 Å². The second-order valence-electron chi connectivity index (χ2n) is 1.14. The topological polar surface area (TPSA) is 100 Å². The number of rotatable bonds is 2. The van der Waals surface area contributed by atoms with Gasteiger partial charge in [0.1, 0.15) is 0 Å². The fraction of sp³-hybridized carbons (Fsp3) is 0.750. The first kappa shape index (κ1) is 15.7. The molecule has 0 saturated heterocycles. The monoisotopic (exact) mass is 124 g/mol. The highest BCUT2D eigenvalue weighted by Gasteiger charge is 1.87. The molecule has 0 bridgehead atoms. The summed E-state index contributed by atoms with van der Waals surface area (Å²) in [7, 11) is 0. The van der Waals surface area contributed by atoms with Gasteiger partial charge in [0.15, 0.2) is 0 Å². The van der Waals surface area contributed by atoms with E-state index in [0.717, 1.165) is 6.42 Å². The summed E-state index contributed by atoms with van der Waals surface area (Å²) < 4.78 is 0. The Morgan fingerprint density at radius 1 is 1.50 bits per heavy atom. The van der Waals surface area contributed by atoms with Gasteiger partial charge in [-0.1, -0.05) is 6.92 Å². The fourth-order valence-corrected chi connectivity index (χ4v) is 0.214. The van der Waals surface area contributed by atoms with Crippen molar-refractivity contribution >= 4 is 5.97 Å². The fourth-order valence-electron chi connectivity index (χ4n) is 0.214. The number of carbonyl (C=O) groups is 1. The van der Waals surface area contributed by atoms with Crippen LogP contribution in [0.3, 0.4) is 0 Å². The van der Waals surface area contributed by atoms with Crippen LogP contribution in [0.1, 0.15) is 19.8 Å². The van der Waals surface area contributed by atoms with Crippen LogP contribution >= 0.6 is 0 Å². The molecule has 8 heavy (non-hydrogen) atoms. The molecule has 0 rings (SSSR count). The summed E-state index contributed by atoms with van der Waals surface area (Å²) in [4.78, 5) is 9.60. The number of hydrogen-bond donors (Lipinski definition) is 1. The van der Waals surface area contributed by atoms with Gasteiger partial charge >= 0.3 is 5.97 Å². The van der Waals surface area contributed by atoms with E-state index in [4.69, 9.17) is 5.11 Å². The van der Waals surface area contributed by atoms with Crippen LogP contribution in [0.4, 0.5) is 0 Å². The first-order valence-electron chi connectivity index (χ1n) is 1.99. The Kier molecular flexibility index (Phi) is 18.9. The van der Waals surface area contributed by atoms with Gasteiger partial charge in [0.05, 0.1) is 0 Å². The molecule has 52 valence electrons. The van der Waals surface area contributed by atoms with Gasteiger partial charge in [-0.25, -0.2) is 0 Å². The first-order chi connectivity index (χ1) is 2.77. The Morgan fingerprint density at radius 2 is 1.88 bits per heavy atom. The Hall–Kier alpha value is -0.610. The lowest BCUT2D eigenvalue weighted by atomic mass is 10.4. The zero-order valence-corrected chi connectivity index (χ0v) is 4.77. The summed E-state index contributed by atoms with van der Waals surface area (Å²) in [5, 5.41) is 7.91. The summed E-state index contributed by atoms with van der Waals surface area (Å²) in [6, 6.07) is 0. The Labute approximate surface area is 47.8 Å². The third-order valence-corrected chi connectivity index (χ3v) is 0.464. The maximum atomic E-state index is 9.60. The van der Waals surface area contributed by atoms with Crippen molar-refractivity contribution in [1.29, 1.82) is 0 Å². The predicted octanol–water partition coefficient (Wildman–Crippen LogP) is -0.778. The van der Waals surface area contributed by atoms with Crippen LogP contribution in [0.25, 0.3) is 0 Å². The molecule has 0 fully saturated rings. The van der Waals surface area contributed by atoms with Gasteiger partial charge in [-0.3, -0.25) is 4.79 Å². The van der Waals surface area contributed by atoms with Crippen molar-refractivity contribution in [2.45, 2.75) is 19.8 Å². The van der Waals surface area contributed by atoms with Crippen molar-refractivity contribution in [2.75, 3.05) is 0 Å². The summed E-state index contributed by atoms with van der Waals surface area (Å²) >= 11 is 0. The van der Waals surface area contributed by atoms with Crippen molar-refractivity contribution in [3.05, 3.63) is 0 Å². The van der Waals surface area contributed by atoms with Gasteiger partial charge in [-0.15, -0.1) is 0 Å². The maximum absolute atomic E-state index is 9.60. The lowest BCUT2D eigenvalue weighted by Gasteiger charge is -1.79. The SMILES string of the molecule is CCCC(=O)O.O.O. The third-order valence-electron chi connectivity index (χ3n) is 0.464. The molecule has 4 heteroatoms. The molecule has 5 N–H and O–H groups in total. The molecular weight excluding hydrogens is 112 g/mol. The molecule has 4 nitrogen and oxygen atoms in total. The molecule has 0 saturated carbocycles. The molecule has 0 aromatic carbocycles. The molecule has 0 radical (unpaired) electrons. The zero-order valence-electron chi connectivity index (χ0n) is 4.77. The molecule has 0 aliphatic heterocycles. The highest BCUT2D eigenvalue weighted by Crippen LogP contribution is 1.82. The number of hydrogen-bond acceptors (Lipinski definition) is 1. The minimum absolute atomic E-state index is 0. The van der Waals surface area contributed by atoms with Crippen molar-refractivity contribution in [1.82, 2.24) is 0 Å². The highest BCUT2D eigenvalue weighted by molar-refractivity contribution is 5.66. The molecule has 0 aromatic heterocycles. The van der Waals surface area contributed by atoms with Gasteiger partial charge in [0, 0.05) is 6.42 Å². The first-order valence-corrected chi connectivity index (χ1v) is 1.99. The largest absolute Gasteiger partial charge is 0.481 e. The normalized spacial score (nSPS) is 6.12. The van der Waals surface area contributed by atoms with Gasteiger partial charge in [0.2, 0.25) is 0 Å². The Morgan fingerprint density at radius 3 is 1.88 bits per heavy atom. The molecule has 0 heterocycles. The van der Waals surface area contributed by atoms with E-state index in [9.17, 15) is 4.79 Å². The lowest BCUT2D eigenvalue weighted by molar-refractivity contribution is -0.137. The molecule has 0 aromatic rings. The molecule has 0 unspecified atom stereocenters. The standard InChI is InChI=1S/C4H8O2.2H2O/c1-2-3-4(5)6;;/h2-3H2,1H3,(H,5,6);2*1H2. The summed E-state index contributed by atoms with van der Waals surface area (Å²) in [5.74, 6) is -0.711. The van der Waals surface area contributed by atoms with Gasteiger partial charge in [0.25, 0.3) is 0 Å². The zero-order chi connectivity index (χ0) is 4.99. The second-order valence-corrected chi connectivity index (χ2v) is 1.14. The van der Waals surface area contributed by atoms with Crippen molar-refractivity contribution in [3.8, 4) is 0 Å². The number of aliphatic carboxylic acids is 1. The van der Waals surface area contributed by atoms with E-state index in [1.165, 1.54) is 0 Å². The second kappa shape index (κ2) is 9.63. The lowest BCUT2D eigenvalue weighted by Crippen LogP contribution is -1.90. The highest BCUT2D eigenvalue weighted by atomic mass is 16.4. The smallest absolute Gasteiger partial charge is 0.303 e. The van der Waals surface area contributed by atoms with Crippen LogP contribution in [0.15, 0.2) is 0 Å². The van der Waals surface area contributed by atoms with Crippen LogP contribution < -0.4 is 0 Å². The van der Waals surface area contributed by atoms with Gasteiger partial charge in [-0.2, -0.15) is 0 Å². The average molecular weight is 124 g/mol. The van der Waals surface area contributed by atoms with E-state index in [2.05, 4.69) is 0 Å². The van der Waals surface area contributed by atoms with Gasteiger partial charge < -0.3 is 16.1 Å². The number of carboxylic acids is 1. The molecule has 0 spiro atoms. The molecule has 0 aliphatic carbocycles. The minimum atomic E-state index is -0.711. The van der Waals surface area contributed by atoms with Crippen molar-refractivity contribution in [3.63, 3.8) is 0 Å². The molecule has 0 atom stereocenters. The maximum Gasteiger partial charge on any atom is 0.303 e. The Bertz CT molecular complexity index is 52.0. The molecule has 0 amide bonds. The van der Waals surface area contributed by atoms with Gasteiger partial charge in [-0.05, 0) is 6.42 Å². The van der Waals surface area contributed by atoms with Crippen LogP contribution in [-0.2, 0) is 4.79 Å². The van der Waals surface area contributed by atoms with E-state index >= 15 is 0 Å². The van der Waals surface area contributed by atoms with E-state index in [0.29, 0.717) is 6.42 Å². The molecule has 0 aliphatic rings. The van der Waals surface area contributed by atoms with Crippen LogP contribution in [-0.4, -0.2) is 22.0 Å². The minimum Gasteiger partial charge on any atom is -0.481 e. The summed E-state index contributed by atoms with van der Waals surface area (Å²) in [6.45, 7) is 1.84. The third kappa shape index (κ3) is 18.2. The van der Waals surface area contributed by atoms with E-state index in [-0.39, 0.29) is 11.0 Å². The van der Waals surface area contributed by atoms with E-state index < -0.39 is 5.97 Å². The van der Waals surface area contributed by atoms with Crippen LogP contribution in [0.5, 0.6) is 0 Å². The quantitative estimate of drug-likeness (QED) is 0.522. The van der Waals surface area contributed by atoms with Crippen molar-refractivity contribution in [2.24, 2.45) is 0 Å². The Balaban J connectivity index is -0.000000125. The van der Waals surface area contributed by atoms with E-state index in [1.807, 2.05) is 6.92 Å². The summed E-state index contributed by atoms with van der Waals surface area (Å²) in [6.07, 6.45) is 1.02.